The van der Waals surface area contributed by atoms with E-state index in [2.05, 4.69) is 5.43 Å². The molecule has 0 fully saturated rings. The van der Waals surface area contributed by atoms with Crippen molar-refractivity contribution in [1.82, 2.24) is 10.6 Å². The van der Waals surface area contributed by atoms with Gasteiger partial charge in [0, 0.05) is 13.2 Å². The van der Waals surface area contributed by atoms with Crippen LogP contribution < -0.4 is 11.2 Å². The molecule has 60 valence electrons. The van der Waals surface area contributed by atoms with Gasteiger partial charge in [0.25, 0.3) is 0 Å². The number of nitrogens with zero attached hydrogens (tertiary/aromatic N) is 1. The number of aliphatic hydroxyl groups is 2. The van der Waals surface area contributed by atoms with Crippen molar-refractivity contribution in [3.63, 3.8) is 0 Å². The van der Waals surface area contributed by atoms with Crippen LogP contribution in [0.4, 0.5) is 0 Å². The second kappa shape index (κ2) is 4.07. The van der Waals surface area contributed by atoms with Gasteiger partial charge in [0.05, 0.1) is 0 Å². The van der Waals surface area contributed by atoms with Gasteiger partial charge in [0.2, 0.25) is 0 Å². The van der Waals surface area contributed by atoms with Crippen LogP contribution in [0.15, 0.2) is 11.9 Å². The Kier molecular flexibility index (Phi) is 3.74. The summed E-state index contributed by atoms with van der Waals surface area (Å²) in [7, 11) is 1.39. The van der Waals surface area contributed by atoms with Crippen molar-refractivity contribution in [2.45, 2.75) is 6.29 Å². The predicted octanol–water partition coefficient (Wildman–Crippen LogP) is -2.08. The fourth-order valence-corrected chi connectivity index (χ4v) is 0.395. The van der Waals surface area contributed by atoms with Gasteiger partial charge in [-0.3, -0.25) is 5.21 Å². The van der Waals surface area contributed by atoms with Gasteiger partial charge in [-0.05, 0) is 0 Å². The van der Waals surface area contributed by atoms with Gasteiger partial charge in [-0.25, -0.2) is 5.43 Å². The fraction of sp³-hybridized carbons (Fsp3) is 0.500. The van der Waals surface area contributed by atoms with Crippen LogP contribution in [-0.4, -0.2) is 33.9 Å². The van der Waals surface area contributed by atoms with Gasteiger partial charge in [-0.1, -0.05) is 0 Å². The second-order valence-electron chi connectivity index (χ2n) is 1.50. The summed E-state index contributed by atoms with van der Waals surface area (Å²) in [5.74, 6) is 0. The molecule has 0 aromatic heterocycles. The molecule has 0 aliphatic rings. The Bertz CT molecular complexity index is 125. The van der Waals surface area contributed by atoms with Crippen molar-refractivity contribution in [2.75, 3.05) is 7.05 Å². The summed E-state index contributed by atoms with van der Waals surface area (Å²) in [4.78, 5) is 0. The molecule has 0 heterocycles. The summed E-state index contributed by atoms with van der Waals surface area (Å²) >= 11 is 0. The van der Waals surface area contributed by atoms with Crippen molar-refractivity contribution >= 4 is 0 Å². The maximum atomic E-state index is 8.74. The third kappa shape index (κ3) is 2.19. The molecule has 0 unspecified atom stereocenters. The lowest BCUT2D eigenvalue weighted by Gasteiger charge is -2.18. The van der Waals surface area contributed by atoms with Crippen LogP contribution >= 0.6 is 0 Å². The Hall–Kier alpha value is -0.820. The van der Waals surface area contributed by atoms with E-state index in [1.807, 2.05) is 0 Å². The predicted molar refractivity (Wildman–Crippen MR) is 33.2 cm³/mol. The zero-order chi connectivity index (χ0) is 8.15. The third-order valence-corrected chi connectivity index (χ3v) is 0.892. The molecular weight excluding hydrogens is 138 g/mol. The van der Waals surface area contributed by atoms with E-state index in [0.29, 0.717) is 5.17 Å². The Morgan fingerprint density at radius 3 is 2.30 bits per heavy atom. The van der Waals surface area contributed by atoms with Crippen LogP contribution in [-0.2, 0) is 0 Å². The summed E-state index contributed by atoms with van der Waals surface area (Å²) in [6, 6.07) is 0. The van der Waals surface area contributed by atoms with E-state index in [-0.39, 0.29) is 5.70 Å². The molecular formula is C4H11N3O3. The Morgan fingerprint density at radius 1 is 1.70 bits per heavy atom. The number of hydrogen-bond donors (Lipinski definition) is 5. The molecule has 0 rings (SSSR count). The molecule has 0 atom stereocenters. The van der Waals surface area contributed by atoms with E-state index in [1.54, 1.807) is 0 Å². The van der Waals surface area contributed by atoms with Gasteiger partial charge < -0.3 is 15.9 Å². The molecule has 6 N–H and O–H groups in total. The maximum Gasteiger partial charge on any atom is 0.199 e. The average Bonchev–Trinajstić information content (AvgIpc) is 1.88. The monoisotopic (exact) mass is 149 g/mol. The molecule has 0 aromatic carbocycles. The van der Waals surface area contributed by atoms with Crippen LogP contribution in [0.2, 0.25) is 0 Å². The average molecular weight is 149 g/mol. The molecule has 6 heteroatoms. The van der Waals surface area contributed by atoms with Gasteiger partial charge in [-0.2, -0.15) is 5.17 Å². The van der Waals surface area contributed by atoms with Gasteiger partial charge in [0.1, 0.15) is 5.70 Å². The minimum atomic E-state index is -1.79. The molecule has 0 amide bonds. The third-order valence-electron chi connectivity index (χ3n) is 0.892. The number of aliphatic hydroxyl groups excluding tert-OH is 1. The summed E-state index contributed by atoms with van der Waals surface area (Å²) in [5.41, 5.74) is 6.91. The van der Waals surface area contributed by atoms with Crippen LogP contribution in [0.1, 0.15) is 0 Å². The lowest BCUT2D eigenvalue weighted by atomic mass is 10.5. The first kappa shape index (κ1) is 9.18. The minimum absolute atomic E-state index is 0.234. The second-order valence-corrected chi connectivity index (χ2v) is 1.50. The molecule has 0 radical (unpaired) electrons. The lowest BCUT2D eigenvalue weighted by Crippen LogP contribution is -2.36. The molecule has 0 aliphatic carbocycles. The zero-order valence-corrected chi connectivity index (χ0v) is 5.52. The van der Waals surface area contributed by atoms with Crippen molar-refractivity contribution in [1.29, 1.82) is 0 Å². The SMILES string of the molecule is CNN(O)/C(=C\N)C(O)O. The Labute approximate surface area is 58.1 Å². The molecule has 10 heavy (non-hydrogen) atoms. The number of hydroxylamine groups is 1. The first-order valence-electron chi connectivity index (χ1n) is 2.57. The molecule has 0 bridgehead atoms. The van der Waals surface area contributed by atoms with Crippen molar-refractivity contribution < 1.29 is 15.4 Å². The maximum absolute atomic E-state index is 8.74. The highest BCUT2D eigenvalue weighted by Gasteiger charge is 2.11. The topological polar surface area (TPSA) is 102 Å². The number of nitrogens with one attached hydrogen (secondary N) is 1. The highest BCUT2D eigenvalue weighted by molar-refractivity contribution is 4.96. The zero-order valence-electron chi connectivity index (χ0n) is 5.52. The van der Waals surface area contributed by atoms with Gasteiger partial charge in [-0.15, -0.1) is 0 Å². The molecule has 0 spiro atoms. The lowest BCUT2D eigenvalue weighted by molar-refractivity contribution is -0.142. The first-order chi connectivity index (χ1) is 4.63. The Morgan fingerprint density at radius 2 is 2.20 bits per heavy atom. The quantitative estimate of drug-likeness (QED) is 0.233. The molecule has 0 saturated heterocycles. The van der Waals surface area contributed by atoms with Crippen LogP contribution in [0.3, 0.4) is 0 Å². The first-order valence-corrected chi connectivity index (χ1v) is 2.57. The highest BCUT2D eigenvalue weighted by atomic mass is 16.6. The smallest absolute Gasteiger partial charge is 0.199 e. The number of hydrazine groups is 1. The van der Waals surface area contributed by atoms with Crippen molar-refractivity contribution in [2.24, 2.45) is 5.73 Å². The minimum Gasteiger partial charge on any atom is -0.403 e. The summed E-state index contributed by atoms with van der Waals surface area (Å²) < 4.78 is 0. The van der Waals surface area contributed by atoms with E-state index < -0.39 is 6.29 Å². The van der Waals surface area contributed by atoms with Crippen LogP contribution in [0.5, 0.6) is 0 Å². The summed E-state index contributed by atoms with van der Waals surface area (Å²) in [5, 5.41) is 26.1. The highest BCUT2D eigenvalue weighted by Crippen LogP contribution is 1.98. The fourth-order valence-electron chi connectivity index (χ4n) is 0.395. The number of rotatable bonds is 3. The standard InChI is InChI=1S/C4H11N3O3/c1-6-7(10)3(2-5)4(8)9/h2,4,6,8-10H,5H2,1H3/b3-2-. The van der Waals surface area contributed by atoms with Crippen molar-refractivity contribution in [3.8, 4) is 0 Å². The van der Waals surface area contributed by atoms with Crippen molar-refractivity contribution in [3.05, 3.63) is 11.9 Å². The summed E-state index contributed by atoms with van der Waals surface area (Å²) in [6.45, 7) is 0. The normalized spacial score (nSPS) is 12.3. The summed E-state index contributed by atoms with van der Waals surface area (Å²) in [6.07, 6.45) is -0.913. The molecule has 6 nitrogen and oxygen atoms in total. The Balaban J connectivity index is 4.08. The van der Waals surface area contributed by atoms with E-state index in [1.165, 1.54) is 7.05 Å². The van der Waals surface area contributed by atoms with E-state index >= 15 is 0 Å². The molecule has 0 saturated carbocycles. The van der Waals surface area contributed by atoms with E-state index in [4.69, 9.17) is 21.2 Å². The number of hydrogen-bond acceptors (Lipinski definition) is 6. The number of nitrogens with two attached hydrogens (primary N) is 1. The molecule has 0 aromatic rings. The largest absolute Gasteiger partial charge is 0.403 e. The van der Waals surface area contributed by atoms with Crippen LogP contribution in [0, 0.1) is 0 Å². The van der Waals surface area contributed by atoms with E-state index in [0.717, 1.165) is 6.20 Å². The van der Waals surface area contributed by atoms with Crippen LogP contribution in [0.25, 0.3) is 0 Å². The van der Waals surface area contributed by atoms with Gasteiger partial charge >= 0.3 is 0 Å². The molecule has 0 aliphatic heterocycles. The van der Waals surface area contributed by atoms with E-state index in [9.17, 15) is 0 Å². The van der Waals surface area contributed by atoms with Gasteiger partial charge in [0.15, 0.2) is 6.29 Å².